The molecule has 0 saturated carbocycles. The third kappa shape index (κ3) is 8.25. The van der Waals surface area contributed by atoms with Gasteiger partial charge >= 0.3 is 5.97 Å². The van der Waals surface area contributed by atoms with Crippen LogP contribution in [0.25, 0.3) is 11.7 Å². The number of benzene rings is 2. The number of hydrogen-bond donors (Lipinski definition) is 3. The lowest BCUT2D eigenvalue weighted by Gasteiger charge is -2.25. The Morgan fingerprint density at radius 3 is 2.47 bits per heavy atom. The number of carbonyl (C=O) groups excluding carboxylic acids is 3. The lowest BCUT2D eigenvalue weighted by atomic mass is 9.84. The second-order valence-corrected chi connectivity index (χ2v) is 12.6. The van der Waals surface area contributed by atoms with E-state index in [1.165, 1.54) is 27.4 Å². The molecule has 2 aromatic carbocycles. The van der Waals surface area contributed by atoms with Crippen LogP contribution in [0, 0.1) is 0 Å². The van der Waals surface area contributed by atoms with Crippen LogP contribution in [0.4, 0.5) is 0 Å². The van der Waals surface area contributed by atoms with Crippen LogP contribution in [0.3, 0.4) is 0 Å². The molecule has 13 nitrogen and oxygen atoms in total. The number of ether oxygens (including phenoxy) is 4. The SMILES string of the molecule is COc1cc(C(CC(=O)N[C@H](C)c2nnc3ccccn23)c2c(O)cc3c(c2O)C(=O)O[C@@H](C)CCCC(=O)CCC/C=C/3)cc(OC)c1OC. The molecule has 13 heteroatoms. The maximum Gasteiger partial charge on any atom is 0.342 e. The summed E-state index contributed by atoms with van der Waals surface area (Å²) < 4.78 is 24.2. The Balaban J connectivity index is 1.61. The van der Waals surface area contributed by atoms with Crippen LogP contribution in [0.5, 0.6) is 28.7 Å². The molecule has 1 aliphatic heterocycles. The average Bonchev–Trinajstić information content (AvgIpc) is 3.54. The first-order valence-corrected chi connectivity index (χ1v) is 16.9. The minimum Gasteiger partial charge on any atom is -0.507 e. The number of carbonyl (C=O) groups is 3. The molecule has 1 unspecified atom stereocenters. The third-order valence-corrected chi connectivity index (χ3v) is 8.98. The van der Waals surface area contributed by atoms with Gasteiger partial charge in [-0.3, -0.25) is 14.0 Å². The molecule has 0 radical (unpaired) electrons. The minimum absolute atomic E-state index is 0.0662. The van der Waals surface area contributed by atoms with Crippen molar-refractivity contribution < 1.29 is 43.5 Å². The van der Waals surface area contributed by atoms with Gasteiger partial charge < -0.3 is 34.5 Å². The lowest BCUT2D eigenvalue weighted by molar-refractivity contribution is -0.122. The van der Waals surface area contributed by atoms with Gasteiger partial charge in [-0.15, -0.1) is 10.2 Å². The highest BCUT2D eigenvalue weighted by atomic mass is 16.5. The Hall–Kier alpha value is -5.59. The standard InChI is InChI=1S/C38H44N4O9/c1-22-12-11-15-26(43)14-8-6-7-13-24-18-28(44)34(35(46)33(24)38(47)51-22)27(25-19-29(48-3)36(50-5)30(20-25)49-4)21-32(45)39-23(2)37-41-40-31-16-9-10-17-42(31)37/h7,9-10,13,16-20,22-23,27,44,46H,6,8,11-12,14-15,21H2,1-5H3,(H,39,45)/b13-7+/t22-,23+,27?/m0/s1. The lowest BCUT2D eigenvalue weighted by Crippen LogP contribution is -2.29. The summed E-state index contributed by atoms with van der Waals surface area (Å²) in [5.41, 5.74) is 1.05. The van der Waals surface area contributed by atoms with Gasteiger partial charge in [-0.25, -0.2) is 4.79 Å². The van der Waals surface area contributed by atoms with Crippen LogP contribution in [0.2, 0.25) is 0 Å². The van der Waals surface area contributed by atoms with Gasteiger partial charge in [-0.2, -0.15) is 0 Å². The van der Waals surface area contributed by atoms with Crippen LogP contribution in [0.15, 0.2) is 48.7 Å². The average molecular weight is 701 g/mol. The molecule has 1 aliphatic rings. The zero-order valence-electron chi connectivity index (χ0n) is 29.5. The van der Waals surface area contributed by atoms with Crippen molar-refractivity contribution in [1.82, 2.24) is 19.9 Å². The molecular weight excluding hydrogens is 656 g/mol. The fourth-order valence-electron chi connectivity index (χ4n) is 6.41. The van der Waals surface area contributed by atoms with Crippen LogP contribution in [0.1, 0.15) is 104 Å². The molecule has 0 fully saturated rings. The molecular formula is C38H44N4O9. The zero-order chi connectivity index (χ0) is 36.7. The Labute approximate surface area is 296 Å². The molecule has 3 N–H and O–H groups in total. The van der Waals surface area contributed by atoms with Crippen molar-refractivity contribution in [2.45, 2.75) is 76.9 Å². The molecule has 0 aliphatic carbocycles. The Bertz CT molecular complexity index is 1910. The highest BCUT2D eigenvalue weighted by Gasteiger charge is 2.33. The predicted molar refractivity (Wildman–Crippen MR) is 188 cm³/mol. The van der Waals surface area contributed by atoms with Crippen LogP contribution in [-0.4, -0.2) is 69.9 Å². The molecule has 3 heterocycles. The molecule has 0 saturated heterocycles. The number of aromatic nitrogens is 3. The summed E-state index contributed by atoms with van der Waals surface area (Å²) in [6, 6.07) is 9.52. The van der Waals surface area contributed by atoms with E-state index in [4.69, 9.17) is 18.9 Å². The number of hydrogen-bond acceptors (Lipinski definition) is 11. The van der Waals surface area contributed by atoms with Crippen molar-refractivity contribution in [3.05, 3.63) is 76.7 Å². The van der Waals surface area contributed by atoms with Gasteiger partial charge in [0.2, 0.25) is 11.7 Å². The molecule has 4 aromatic rings. The second kappa shape index (κ2) is 16.4. The van der Waals surface area contributed by atoms with E-state index in [2.05, 4.69) is 15.5 Å². The zero-order valence-corrected chi connectivity index (χ0v) is 29.5. The van der Waals surface area contributed by atoms with Gasteiger partial charge in [0.15, 0.2) is 23.0 Å². The first kappa shape index (κ1) is 36.7. The minimum atomic E-state index is -1.03. The van der Waals surface area contributed by atoms with Crippen molar-refractivity contribution in [2.24, 2.45) is 0 Å². The monoisotopic (exact) mass is 700 g/mol. The maximum atomic E-state index is 13.9. The number of Topliss-reactive ketones (excluding diaryl/α,β-unsaturated/α-hetero) is 1. The number of nitrogens with one attached hydrogen (secondary N) is 1. The van der Waals surface area contributed by atoms with Crippen molar-refractivity contribution in [1.29, 1.82) is 0 Å². The number of allylic oxidation sites excluding steroid dienone is 1. The van der Waals surface area contributed by atoms with Crippen molar-refractivity contribution in [2.75, 3.05) is 21.3 Å². The van der Waals surface area contributed by atoms with Gasteiger partial charge in [0.1, 0.15) is 22.8 Å². The second-order valence-electron chi connectivity index (χ2n) is 12.6. The van der Waals surface area contributed by atoms with E-state index >= 15 is 0 Å². The van der Waals surface area contributed by atoms with Crippen LogP contribution >= 0.6 is 0 Å². The molecule has 3 atom stereocenters. The molecule has 270 valence electrons. The topological polar surface area (TPSA) is 171 Å². The number of esters is 1. The van der Waals surface area contributed by atoms with Crippen LogP contribution in [-0.2, 0) is 14.3 Å². The molecule has 51 heavy (non-hydrogen) atoms. The highest BCUT2D eigenvalue weighted by Crippen LogP contribution is 2.48. The first-order chi connectivity index (χ1) is 24.6. The summed E-state index contributed by atoms with van der Waals surface area (Å²) in [5, 5.41) is 35.0. The first-order valence-electron chi connectivity index (χ1n) is 16.9. The fourth-order valence-corrected chi connectivity index (χ4v) is 6.41. The van der Waals surface area contributed by atoms with Gasteiger partial charge in [0.05, 0.1) is 33.5 Å². The summed E-state index contributed by atoms with van der Waals surface area (Å²) in [6.07, 6.45) is 7.40. The van der Waals surface area contributed by atoms with Crippen molar-refractivity contribution in [3.63, 3.8) is 0 Å². The Morgan fingerprint density at radius 2 is 1.76 bits per heavy atom. The number of nitrogens with zero attached hydrogens (tertiary/aromatic N) is 3. The summed E-state index contributed by atoms with van der Waals surface area (Å²) in [7, 11) is 4.37. The summed E-state index contributed by atoms with van der Waals surface area (Å²) in [4.78, 5) is 39.9. The summed E-state index contributed by atoms with van der Waals surface area (Å²) in [5.74, 6) is -1.61. The van der Waals surface area contributed by atoms with Crippen molar-refractivity contribution in [3.8, 4) is 28.7 Å². The predicted octanol–water partition coefficient (Wildman–Crippen LogP) is 6.05. The molecule has 0 bridgehead atoms. The number of amides is 1. The highest BCUT2D eigenvalue weighted by molar-refractivity contribution is 5.98. The molecule has 2 aromatic heterocycles. The van der Waals surface area contributed by atoms with E-state index < -0.39 is 35.7 Å². The normalized spacial score (nSPS) is 17.4. The van der Waals surface area contributed by atoms with Gasteiger partial charge in [-0.05, 0) is 81.0 Å². The number of phenols is 2. The quantitative estimate of drug-likeness (QED) is 0.174. The van der Waals surface area contributed by atoms with E-state index in [1.54, 1.807) is 54.8 Å². The van der Waals surface area contributed by atoms with Crippen LogP contribution < -0.4 is 19.5 Å². The maximum absolute atomic E-state index is 13.9. The molecule has 0 spiro atoms. The van der Waals surface area contributed by atoms with Gasteiger partial charge in [0.25, 0.3) is 0 Å². The third-order valence-electron chi connectivity index (χ3n) is 8.98. The number of phenolic OH excluding ortho intramolecular Hbond substituents is 2. The van der Waals surface area contributed by atoms with Crippen molar-refractivity contribution >= 4 is 29.4 Å². The number of pyridine rings is 1. The van der Waals surface area contributed by atoms with Gasteiger partial charge in [0, 0.05) is 36.9 Å². The number of fused-ring (bicyclic) bond motifs is 2. The van der Waals surface area contributed by atoms with E-state index in [9.17, 15) is 24.6 Å². The fraction of sp³-hybridized carbons (Fsp3) is 0.395. The van der Waals surface area contributed by atoms with E-state index in [1.807, 2.05) is 12.1 Å². The number of cyclic esters (lactones) is 1. The molecule has 5 rings (SSSR count). The van der Waals surface area contributed by atoms with E-state index in [0.717, 1.165) is 0 Å². The summed E-state index contributed by atoms with van der Waals surface area (Å²) in [6.45, 7) is 3.50. The number of aromatic hydroxyl groups is 2. The van der Waals surface area contributed by atoms with E-state index in [0.29, 0.717) is 61.3 Å². The Morgan fingerprint density at radius 1 is 1.04 bits per heavy atom. The summed E-state index contributed by atoms with van der Waals surface area (Å²) >= 11 is 0. The number of rotatable bonds is 9. The smallest absolute Gasteiger partial charge is 0.342 e. The Kier molecular flexibility index (Phi) is 11.8. The van der Waals surface area contributed by atoms with E-state index in [-0.39, 0.29) is 46.1 Å². The molecule has 1 amide bonds. The van der Waals surface area contributed by atoms with Gasteiger partial charge in [-0.1, -0.05) is 18.2 Å². The number of ketones is 1. The number of methoxy groups -OCH3 is 3. The largest absolute Gasteiger partial charge is 0.507 e.